The number of nitrogens with zero attached hydrogens (tertiary/aromatic N) is 3. The molecule has 1 unspecified atom stereocenters. The number of hydrogen-bond donors (Lipinski definition) is 2. The van der Waals surface area contributed by atoms with Crippen LogP contribution in [-0.2, 0) is 0 Å². The first-order valence-electron chi connectivity index (χ1n) is 6.01. The van der Waals surface area contributed by atoms with Gasteiger partial charge in [-0.05, 0) is 19.3 Å². The molecule has 0 aliphatic carbocycles. The van der Waals surface area contributed by atoms with Crippen LogP contribution >= 0.6 is 0 Å². The molecule has 18 heavy (non-hydrogen) atoms. The van der Waals surface area contributed by atoms with Crippen molar-refractivity contribution >= 4 is 11.7 Å². The van der Waals surface area contributed by atoms with E-state index in [9.17, 15) is 4.79 Å². The van der Waals surface area contributed by atoms with Crippen LogP contribution in [0.15, 0.2) is 12.4 Å². The van der Waals surface area contributed by atoms with E-state index in [0.29, 0.717) is 17.4 Å². The average Bonchev–Trinajstić information content (AvgIpc) is 2.36. The van der Waals surface area contributed by atoms with Crippen LogP contribution in [-0.4, -0.2) is 33.9 Å². The molecule has 1 rings (SSSR count). The highest BCUT2D eigenvalue weighted by Crippen LogP contribution is 2.12. The summed E-state index contributed by atoms with van der Waals surface area (Å²) in [5.41, 5.74) is 2.67. The van der Waals surface area contributed by atoms with E-state index in [4.69, 9.17) is 5.84 Å². The summed E-state index contributed by atoms with van der Waals surface area (Å²) in [6.07, 6.45) is 3.86. The molecule has 0 spiro atoms. The molecule has 0 aliphatic rings. The van der Waals surface area contributed by atoms with E-state index in [2.05, 4.69) is 29.2 Å². The molecule has 6 nitrogen and oxygen atoms in total. The van der Waals surface area contributed by atoms with Gasteiger partial charge in [-0.1, -0.05) is 13.8 Å². The zero-order valence-corrected chi connectivity index (χ0v) is 11.3. The Balaban J connectivity index is 2.79. The van der Waals surface area contributed by atoms with Gasteiger partial charge in [0.25, 0.3) is 5.91 Å². The van der Waals surface area contributed by atoms with E-state index in [1.54, 1.807) is 11.9 Å². The molecule has 0 aliphatic heterocycles. The first-order valence-corrected chi connectivity index (χ1v) is 6.01. The minimum absolute atomic E-state index is 0.146. The summed E-state index contributed by atoms with van der Waals surface area (Å²) in [7, 11) is 1.78. The van der Waals surface area contributed by atoms with Gasteiger partial charge in [-0.3, -0.25) is 9.78 Å². The summed E-state index contributed by atoms with van der Waals surface area (Å²) in [5, 5.41) is 0. The number of carbonyl (C=O) groups is 1. The van der Waals surface area contributed by atoms with Gasteiger partial charge in [0.1, 0.15) is 5.69 Å². The van der Waals surface area contributed by atoms with E-state index in [-0.39, 0.29) is 11.9 Å². The van der Waals surface area contributed by atoms with Gasteiger partial charge in [0.15, 0.2) is 5.82 Å². The maximum atomic E-state index is 12.2. The summed E-state index contributed by atoms with van der Waals surface area (Å²) in [4.78, 5) is 21.9. The number of hydrazine groups is 1. The number of aromatic nitrogens is 2. The van der Waals surface area contributed by atoms with Crippen molar-refractivity contribution < 1.29 is 4.79 Å². The van der Waals surface area contributed by atoms with Gasteiger partial charge >= 0.3 is 0 Å². The minimum atomic E-state index is -0.146. The van der Waals surface area contributed by atoms with Crippen LogP contribution in [0.3, 0.4) is 0 Å². The Morgan fingerprint density at radius 3 is 2.67 bits per heavy atom. The number of carbonyl (C=O) groups excluding carboxylic acids is 1. The maximum Gasteiger partial charge on any atom is 0.274 e. The molecule has 0 saturated carbocycles. The number of hydrogen-bond acceptors (Lipinski definition) is 5. The van der Waals surface area contributed by atoms with Crippen molar-refractivity contribution in [3.05, 3.63) is 18.1 Å². The predicted octanol–water partition coefficient (Wildman–Crippen LogP) is 1.27. The van der Waals surface area contributed by atoms with Crippen molar-refractivity contribution in [2.75, 3.05) is 12.5 Å². The molecule has 0 saturated heterocycles. The summed E-state index contributed by atoms with van der Waals surface area (Å²) in [6.45, 7) is 6.29. The van der Waals surface area contributed by atoms with Crippen LogP contribution < -0.4 is 11.3 Å². The fourth-order valence-electron chi connectivity index (χ4n) is 1.76. The summed E-state index contributed by atoms with van der Waals surface area (Å²) in [5.74, 6) is 6.02. The van der Waals surface area contributed by atoms with E-state index < -0.39 is 0 Å². The zero-order chi connectivity index (χ0) is 13.7. The quantitative estimate of drug-likeness (QED) is 0.608. The largest absolute Gasteiger partial charge is 0.338 e. The Labute approximate surface area is 108 Å². The monoisotopic (exact) mass is 251 g/mol. The van der Waals surface area contributed by atoms with Crippen molar-refractivity contribution in [2.24, 2.45) is 11.8 Å². The topological polar surface area (TPSA) is 84.1 Å². The number of nitrogens with one attached hydrogen (secondary N) is 1. The summed E-state index contributed by atoms with van der Waals surface area (Å²) in [6, 6.07) is 0.161. The van der Waals surface area contributed by atoms with E-state index in [0.717, 1.165) is 6.42 Å². The molecule has 0 aromatic carbocycles. The molecule has 0 radical (unpaired) electrons. The van der Waals surface area contributed by atoms with Gasteiger partial charge in [-0.2, -0.15) is 0 Å². The Morgan fingerprint density at radius 2 is 2.11 bits per heavy atom. The second kappa shape index (κ2) is 6.30. The number of nitrogen functional groups attached to an aromatic ring is 1. The smallest absolute Gasteiger partial charge is 0.274 e. The third kappa shape index (κ3) is 3.66. The standard InChI is InChI=1S/C12H21N5O/c1-8(2)5-9(3)17(4)12(18)10-6-14-7-11(15-10)16-13/h6-9H,5,13H2,1-4H3,(H,15,16). The van der Waals surface area contributed by atoms with Gasteiger partial charge in [-0.15, -0.1) is 0 Å². The van der Waals surface area contributed by atoms with Crippen molar-refractivity contribution in [1.29, 1.82) is 0 Å². The highest BCUT2D eigenvalue weighted by Gasteiger charge is 2.19. The van der Waals surface area contributed by atoms with Crippen LogP contribution in [0.2, 0.25) is 0 Å². The zero-order valence-electron chi connectivity index (χ0n) is 11.3. The van der Waals surface area contributed by atoms with Gasteiger partial charge < -0.3 is 10.3 Å². The second-order valence-corrected chi connectivity index (χ2v) is 4.83. The molecule has 1 heterocycles. The van der Waals surface area contributed by atoms with Gasteiger partial charge in [0.2, 0.25) is 0 Å². The number of anilines is 1. The Kier molecular flexibility index (Phi) is 5.03. The Bertz CT molecular complexity index is 407. The van der Waals surface area contributed by atoms with Gasteiger partial charge in [-0.25, -0.2) is 10.8 Å². The normalized spacial score (nSPS) is 12.3. The van der Waals surface area contributed by atoms with Crippen LogP contribution in [0, 0.1) is 5.92 Å². The fraction of sp³-hybridized carbons (Fsp3) is 0.583. The molecular formula is C12H21N5O. The lowest BCUT2D eigenvalue weighted by atomic mass is 10.0. The predicted molar refractivity (Wildman–Crippen MR) is 70.9 cm³/mol. The lowest BCUT2D eigenvalue weighted by Crippen LogP contribution is -2.36. The molecule has 6 heteroatoms. The van der Waals surface area contributed by atoms with E-state index in [1.165, 1.54) is 12.4 Å². The number of nitrogens with two attached hydrogens (primary N) is 1. The van der Waals surface area contributed by atoms with Gasteiger partial charge in [0, 0.05) is 13.1 Å². The lowest BCUT2D eigenvalue weighted by Gasteiger charge is -2.26. The van der Waals surface area contributed by atoms with E-state index >= 15 is 0 Å². The van der Waals surface area contributed by atoms with Crippen LogP contribution in [0.5, 0.6) is 0 Å². The molecule has 1 atom stereocenters. The molecule has 1 amide bonds. The van der Waals surface area contributed by atoms with Crippen molar-refractivity contribution in [1.82, 2.24) is 14.9 Å². The van der Waals surface area contributed by atoms with Crippen LogP contribution in [0.1, 0.15) is 37.7 Å². The molecule has 0 bridgehead atoms. The highest BCUT2D eigenvalue weighted by molar-refractivity contribution is 5.92. The SMILES string of the molecule is CC(C)CC(C)N(C)C(=O)c1cncc(NN)n1. The molecular weight excluding hydrogens is 230 g/mol. The number of rotatable bonds is 5. The highest BCUT2D eigenvalue weighted by atomic mass is 16.2. The van der Waals surface area contributed by atoms with Crippen LogP contribution in [0.25, 0.3) is 0 Å². The summed E-state index contributed by atoms with van der Waals surface area (Å²) >= 11 is 0. The van der Waals surface area contributed by atoms with E-state index in [1.807, 2.05) is 6.92 Å². The second-order valence-electron chi connectivity index (χ2n) is 4.83. The lowest BCUT2D eigenvalue weighted by molar-refractivity contribution is 0.0722. The fourth-order valence-corrected chi connectivity index (χ4v) is 1.76. The molecule has 3 N–H and O–H groups in total. The van der Waals surface area contributed by atoms with Crippen molar-refractivity contribution in [3.8, 4) is 0 Å². The van der Waals surface area contributed by atoms with Gasteiger partial charge in [0.05, 0.1) is 12.4 Å². The first-order chi connectivity index (χ1) is 8.45. The molecule has 1 aromatic rings. The maximum absolute atomic E-state index is 12.2. The van der Waals surface area contributed by atoms with Crippen molar-refractivity contribution in [2.45, 2.75) is 33.2 Å². The molecule has 1 aromatic heterocycles. The first kappa shape index (κ1) is 14.4. The Morgan fingerprint density at radius 1 is 1.44 bits per heavy atom. The molecule has 100 valence electrons. The average molecular weight is 251 g/mol. The van der Waals surface area contributed by atoms with Crippen molar-refractivity contribution in [3.63, 3.8) is 0 Å². The third-order valence-corrected chi connectivity index (χ3v) is 2.80. The number of amides is 1. The van der Waals surface area contributed by atoms with Crippen LogP contribution in [0.4, 0.5) is 5.82 Å². The third-order valence-electron chi connectivity index (χ3n) is 2.80. The Hall–Kier alpha value is -1.69. The summed E-state index contributed by atoms with van der Waals surface area (Å²) < 4.78 is 0. The minimum Gasteiger partial charge on any atom is -0.338 e. The molecule has 0 fully saturated rings.